The van der Waals surface area contributed by atoms with E-state index in [0.29, 0.717) is 45.7 Å². The molecule has 0 aromatic heterocycles. The maximum atomic E-state index is 12.8. The smallest absolute Gasteiger partial charge is 0.269 e. The van der Waals surface area contributed by atoms with Crippen molar-refractivity contribution in [2.45, 2.75) is 32.6 Å². The van der Waals surface area contributed by atoms with Crippen LogP contribution in [0.15, 0.2) is 47.4 Å². The normalized spacial score (nSPS) is 14.2. The molecular formula is C26H29N3O5S2. The van der Waals surface area contributed by atoms with Crippen LogP contribution in [0.5, 0.6) is 11.5 Å². The van der Waals surface area contributed by atoms with Gasteiger partial charge in [0.05, 0.1) is 19.1 Å². The number of carbonyl (C=O) groups excluding carboxylic acids is 3. The molecule has 2 N–H and O–H groups in total. The van der Waals surface area contributed by atoms with E-state index in [1.54, 1.807) is 49.5 Å². The first-order valence-corrected chi connectivity index (χ1v) is 12.7. The zero-order valence-electron chi connectivity index (χ0n) is 20.5. The molecule has 0 bridgehead atoms. The Morgan fingerprint density at radius 3 is 2.42 bits per heavy atom. The van der Waals surface area contributed by atoms with Gasteiger partial charge in [0.2, 0.25) is 5.91 Å². The standard InChI is InChI=1S/C26H29N3O5S2/c1-17-8-11-19(12-9-17)24(31)28-27-23(30)7-5-4-6-14-29-25(32)22(36-26(29)35)16-18-10-13-20(33-2)21(15-18)34-3/h8-13,15-16H,4-7,14H2,1-3H3,(H,27,30)(H,28,31)/b22-16-. The van der Waals surface area contributed by atoms with Crippen molar-refractivity contribution in [1.82, 2.24) is 15.8 Å². The molecule has 0 spiro atoms. The fourth-order valence-electron chi connectivity index (χ4n) is 3.49. The second-order valence-corrected chi connectivity index (χ2v) is 9.80. The van der Waals surface area contributed by atoms with Crippen molar-refractivity contribution in [1.29, 1.82) is 0 Å². The second-order valence-electron chi connectivity index (χ2n) is 8.13. The van der Waals surface area contributed by atoms with Crippen molar-refractivity contribution in [2.75, 3.05) is 20.8 Å². The fraction of sp³-hybridized carbons (Fsp3) is 0.308. The number of hydrogen-bond donors (Lipinski definition) is 2. The van der Waals surface area contributed by atoms with Crippen LogP contribution in [0.1, 0.15) is 47.2 Å². The third-order valence-corrected chi connectivity index (χ3v) is 6.87. The first kappa shape index (κ1) is 27.2. The van der Waals surface area contributed by atoms with Crippen LogP contribution in [0.3, 0.4) is 0 Å². The van der Waals surface area contributed by atoms with Gasteiger partial charge in [0, 0.05) is 18.5 Å². The van der Waals surface area contributed by atoms with Crippen molar-refractivity contribution in [2.24, 2.45) is 0 Å². The maximum absolute atomic E-state index is 12.8. The van der Waals surface area contributed by atoms with E-state index in [1.807, 2.05) is 25.1 Å². The molecule has 2 aromatic carbocycles. The van der Waals surface area contributed by atoms with Crippen LogP contribution in [-0.4, -0.2) is 47.7 Å². The highest BCUT2D eigenvalue weighted by molar-refractivity contribution is 8.26. The molecule has 1 fully saturated rings. The number of nitrogens with zero attached hydrogens (tertiary/aromatic N) is 1. The Morgan fingerprint density at radius 1 is 1.00 bits per heavy atom. The van der Waals surface area contributed by atoms with Crippen LogP contribution in [0.2, 0.25) is 0 Å². The van der Waals surface area contributed by atoms with E-state index in [1.165, 1.54) is 11.8 Å². The van der Waals surface area contributed by atoms with Crippen LogP contribution >= 0.6 is 24.0 Å². The van der Waals surface area contributed by atoms with Gasteiger partial charge in [0.1, 0.15) is 4.32 Å². The van der Waals surface area contributed by atoms with E-state index < -0.39 is 0 Å². The van der Waals surface area contributed by atoms with E-state index >= 15 is 0 Å². The number of hydrazine groups is 1. The van der Waals surface area contributed by atoms with Gasteiger partial charge < -0.3 is 9.47 Å². The van der Waals surface area contributed by atoms with Crippen LogP contribution in [-0.2, 0) is 9.59 Å². The molecule has 1 aliphatic rings. The molecule has 36 heavy (non-hydrogen) atoms. The number of benzene rings is 2. The quantitative estimate of drug-likeness (QED) is 0.207. The molecule has 3 rings (SSSR count). The fourth-order valence-corrected chi connectivity index (χ4v) is 4.79. The number of carbonyl (C=O) groups is 3. The molecule has 0 atom stereocenters. The summed E-state index contributed by atoms with van der Waals surface area (Å²) in [5.41, 5.74) is 7.20. The van der Waals surface area contributed by atoms with Crippen molar-refractivity contribution in [3.63, 3.8) is 0 Å². The molecule has 1 aliphatic heterocycles. The number of ether oxygens (including phenoxy) is 2. The van der Waals surface area contributed by atoms with Gasteiger partial charge in [-0.05, 0) is 55.7 Å². The highest BCUT2D eigenvalue weighted by Gasteiger charge is 2.31. The summed E-state index contributed by atoms with van der Waals surface area (Å²) in [5.74, 6) is 0.444. The number of methoxy groups -OCH3 is 2. The molecule has 0 saturated carbocycles. The van der Waals surface area contributed by atoms with Crippen LogP contribution in [0, 0.1) is 6.92 Å². The summed E-state index contributed by atoms with van der Waals surface area (Å²) >= 11 is 6.67. The predicted octanol–water partition coefficient (Wildman–Crippen LogP) is 4.24. The summed E-state index contributed by atoms with van der Waals surface area (Å²) in [5, 5.41) is 0. The van der Waals surface area contributed by atoms with E-state index in [-0.39, 0.29) is 24.1 Å². The topological polar surface area (TPSA) is 97.0 Å². The van der Waals surface area contributed by atoms with E-state index in [2.05, 4.69) is 10.9 Å². The summed E-state index contributed by atoms with van der Waals surface area (Å²) in [6.07, 6.45) is 4.13. The van der Waals surface area contributed by atoms with E-state index in [9.17, 15) is 14.4 Å². The zero-order valence-corrected chi connectivity index (χ0v) is 22.1. The van der Waals surface area contributed by atoms with E-state index in [4.69, 9.17) is 21.7 Å². The first-order valence-electron chi connectivity index (χ1n) is 11.5. The lowest BCUT2D eigenvalue weighted by Gasteiger charge is -2.14. The van der Waals surface area contributed by atoms with Gasteiger partial charge in [-0.15, -0.1) is 0 Å². The number of thiocarbonyl (C=S) groups is 1. The number of aryl methyl sites for hydroxylation is 1. The monoisotopic (exact) mass is 527 g/mol. The summed E-state index contributed by atoms with van der Waals surface area (Å²) < 4.78 is 11.1. The molecule has 0 aliphatic carbocycles. The Labute approximate surface area is 220 Å². The van der Waals surface area contributed by atoms with Crippen molar-refractivity contribution < 1.29 is 23.9 Å². The van der Waals surface area contributed by atoms with Gasteiger partial charge in [-0.3, -0.25) is 30.1 Å². The molecule has 8 nitrogen and oxygen atoms in total. The van der Waals surface area contributed by atoms with Gasteiger partial charge in [-0.1, -0.05) is 54.2 Å². The molecular weight excluding hydrogens is 498 g/mol. The Bertz CT molecular complexity index is 1160. The van der Waals surface area contributed by atoms with Gasteiger partial charge in [0.15, 0.2) is 11.5 Å². The lowest BCUT2D eigenvalue weighted by molar-refractivity contribution is -0.123. The highest BCUT2D eigenvalue weighted by Crippen LogP contribution is 2.34. The number of amides is 3. The summed E-state index contributed by atoms with van der Waals surface area (Å²) in [6, 6.07) is 12.5. The van der Waals surface area contributed by atoms with Crippen LogP contribution < -0.4 is 20.3 Å². The SMILES string of the molecule is COc1ccc(/C=C2\SC(=S)N(CCCCCC(=O)NNC(=O)c3ccc(C)cc3)C2=O)cc1OC. The molecule has 1 heterocycles. The molecule has 190 valence electrons. The Morgan fingerprint density at radius 2 is 1.72 bits per heavy atom. The average molecular weight is 528 g/mol. The molecule has 3 amide bonds. The van der Waals surface area contributed by atoms with Crippen LogP contribution in [0.4, 0.5) is 0 Å². The van der Waals surface area contributed by atoms with Crippen molar-refractivity contribution in [3.05, 3.63) is 64.1 Å². The van der Waals surface area contributed by atoms with Crippen LogP contribution in [0.25, 0.3) is 6.08 Å². The predicted molar refractivity (Wildman–Crippen MR) is 145 cm³/mol. The van der Waals surface area contributed by atoms with Gasteiger partial charge in [-0.25, -0.2) is 0 Å². The minimum absolute atomic E-state index is 0.128. The molecule has 10 heteroatoms. The largest absolute Gasteiger partial charge is 0.493 e. The summed E-state index contributed by atoms with van der Waals surface area (Å²) in [6.45, 7) is 2.42. The zero-order chi connectivity index (χ0) is 26.1. The third-order valence-electron chi connectivity index (χ3n) is 5.49. The lowest BCUT2D eigenvalue weighted by atomic mass is 10.1. The van der Waals surface area contributed by atoms with E-state index in [0.717, 1.165) is 17.5 Å². The molecule has 0 unspecified atom stereocenters. The van der Waals surface area contributed by atoms with Gasteiger partial charge in [-0.2, -0.15) is 0 Å². The second kappa shape index (κ2) is 13.1. The Kier molecular flexibility index (Phi) is 9.89. The van der Waals surface area contributed by atoms with Crippen molar-refractivity contribution in [3.8, 4) is 11.5 Å². The average Bonchev–Trinajstić information content (AvgIpc) is 3.14. The third kappa shape index (κ3) is 7.32. The van der Waals surface area contributed by atoms with Crippen molar-refractivity contribution >= 4 is 52.1 Å². The first-order chi connectivity index (χ1) is 17.3. The number of thioether (sulfide) groups is 1. The molecule has 2 aromatic rings. The summed E-state index contributed by atoms with van der Waals surface area (Å²) in [7, 11) is 3.13. The lowest BCUT2D eigenvalue weighted by Crippen LogP contribution is -2.41. The van der Waals surface area contributed by atoms with Gasteiger partial charge >= 0.3 is 0 Å². The Hall–Kier alpha value is -3.37. The minimum Gasteiger partial charge on any atom is -0.493 e. The number of rotatable bonds is 10. The molecule has 0 radical (unpaired) electrons. The maximum Gasteiger partial charge on any atom is 0.269 e. The number of nitrogens with one attached hydrogen (secondary N) is 2. The number of unbranched alkanes of at least 4 members (excludes halogenated alkanes) is 2. The minimum atomic E-state index is -0.362. The highest BCUT2D eigenvalue weighted by atomic mass is 32.2. The Balaban J connectivity index is 1.40. The summed E-state index contributed by atoms with van der Waals surface area (Å²) in [4.78, 5) is 39.1. The van der Waals surface area contributed by atoms with Gasteiger partial charge in [0.25, 0.3) is 11.8 Å². The number of hydrogen-bond acceptors (Lipinski definition) is 7. The molecule has 1 saturated heterocycles.